The van der Waals surface area contributed by atoms with E-state index in [1.807, 2.05) is 31.2 Å². The van der Waals surface area contributed by atoms with Gasteiger partial charge in [0.05, 0.1) is 26.2 Å². The maximum absolute atomic E-state index is 12.9. The minimum atomic E-state index is -0.389. The van der Waals surface area contributed by atoms with Crippen LogP contribution in [0.2, 0.25) is 0 Å². The Labute approximate surface area is 179 Å². The molecule has 1 saturated heterocycles. The van der Waals surface area contributed by atoms with Crippen molar-refractivity contribution in [1.29, 1.82) is 0 Å². The van der Waals surface area contributed by atoms with Gasteiger partial charge >= 0.3 is 0 Å². The first-order valence-electron chi connectivity index (χ1n) is 9.55. The van der Waals surface area contributed by atoms with Crippen LogP contribution in [0.25, 0.3) is 0 Å². The number of hydrogen-bond acceptors (Lipinski definition) is 4. The molecule has 154 valence electrons. The molecule has 1 aliphatic heterocycles. The third-order valence-corrected chi connectivity index (χ3v) is 5.70. The third kappa shape index (κ3) is 4.72. The first kappa shape index (κ1) is 21.2. The van der Waals surface area contributed by atoms with Gasteiger partial charge in [-0.05, 0) is 36.2 Å². The topological polar surface area (TPSA) is 67.9 Å². The van der Waals surface area contributed by atoms with E-state index in [2.05, 4.69) is 21.2 Å². The molecule has 2 aromatic rings. The highest BCUT2D eigenvalue weighted by atomic mass is 79.9. The molecule has 29 heavy (non-hydrogen) atoms. The number of carbonyl (C=O) groups is 2. The molecule has 6 nitrogen and oxygen atoms in total. The first-order chi connectivity index (χ1) is 14.0. The molecule has 0 aliphatic carbocycles. The molecule has 1 N–H and O–H groups in total. The Balaban J connectivity index is 1.70. The van der Waals surface area contributed by atoms with Crippen LogP contribution < -0.4 is 19.7 Å². The van der Waals surface area contributed by atoms with E-state index in [1.54, 1.807) is 37.3 Å². The van der Waals surface area contributed by atoms with Gasteiger partial charge in [-0.25, -0.2) is 0 Å². The molecular weight excluding hydrogens is 436 g/mol. The van der Waals surface area contributed by atoms with E-state index in [0.29, 0.717) is 23.7 Å². The Bertz CT molecular complexity index is 885. The van der Waals surface area contributed by atoms with Crippen LogP contribution in [-0.4, -0.2) is 32.6 Å². The summed E-state index contributed by atoms with van der Waals surface area (Å²) in [6.07, 6.45) is 0.963. The number of hydrogen-bond donors (Lipinski definition) is 1. The number of ether oxygens (including phenoxy) is 2. The zero-order valence-electron chi connectivity index (χ0n) is 16.8. The van der Waals surface area contributed by atoms with Gasteiger partial charge in [0.2, 0.25) is 11.8 Å². The van der Waals surface area contributed by atoms with Gasteiger partial charge in [0, 0.05) is 29.2 Å². The number of carbonyl (C=O) groups excluding carboxylic acids is 2. The van der Waals surface area contributed by atoms with Crippen molar-refractivity contribution in [3.8, 4) is 11.5 Å². The SMILES string of the molecule is CCC(NC(=O)C1CC(=O)N(c2ccc(OC)c(OC)c2)C1)c1ccc(Br)cc1. The lowest BCUT2D eigenvalue weighted by Gasteiger charge is -2.21. The molecule has 7 heteroatoms. The van der Waals surface area contributed by atoms with E-state index in [-0.39, 0.29) is 30.2 Å². The summed E-state index contributed by atoms with van der Waals surface area (Å²) < 4.78 is 11.6. The predicted octanol–water partition coefficient (Wildman–Crippen LogP) is 4.09. The number of rotatable bonds is 7. The molecule has 0 bridgehead atoms. The van der Waals surface area contributed by atoms with Gasteiger partial charge in [0.15, 0.2) is 11.5 Å². The van der Waals surface area contributed by atoms with Crippen LogP contribution in [0.3, 0.4) is 0 Å². The molecule has 2 aromatic carbocycles. The molecule has 1 fully saturated rings. The summed E-state index contributed by atoms with van der Waals surface area (Å²) >= 11 is 3.43. The van der Waals surface area contributed by atoms with Crippen LogP contribution in [0.5, 0.6) is 11.5 Å². The van der Waals surface area contributed by atoms with Gasteiger partial charge in [-0.3, -0.25) is 9.59 Å². The quantitative estimate of drug-likeness (QED) is 0.675. The minimum Gasteiger partial charge on any atom is -0.493 e. The summed E-state index contributed by atoms with van der Waals surface area (Å²) in [6, 6.07) is 13.1. The van der Waals surface area contributed by atoms with Crippen molar-refractivity contribution < 1.29 is 19.1 Å². The highest BCUT2D eigenvalue weighted by Gasteiger charge is 2.36. The monoisotopic (exact) mass is 460 g/mol. The van der Waals surface area contributed by atoms with Crippen LogP contribution in [0.4, 0.5) is 5.69 Å². The van der Waals surface area contributed by atoms with Crippen LogP contribution in [-0.2, 0) is 9.59 Å². The first-order valence-corrected chi connectivity index (χ1v) is 10.3. The number of benzene rings is 2. The summed E-state index contributed by atoms with van der Waals surface area (Å²) in [4.78, 5) is 27.1. The summed E-state index contributed by atoms with van der Waals surface area (Å²) in [5, 5.41) is 3.10. The Kier molecular flexibility index (Phi) is 6.79. The van der Waals surface area contributed by atoms with E-state index < -0.39 is 0 Å². The number of nitrogens with zero attached hydrogens (tertiary/aromatic N) is 1. The van der Waals surface area contributed by atoms with Gasteiger partial charge < -0.3 is 19.7 Å². The molecule has 1 aliphatic rings. The number of halogens is 1. The Morgan fingerprint density at radius 1 is 1.17 bits per heavy atom. The molecule has 0 aromatic heterocycles. The van der Waals surface area contributed by atoms with Crippen LogP contribution >= 0.6 is 15.9 Å². The Morgan fingerprint density at radius 2 is 1.86 bits per heavy atom. The van der Waals surface area contributed by atoms with Crippen molar-refractivity contribution in [2.45, 2.75) is 25.8 Å². The van der Waals surface area contributed by atoms with E-state index in [9.17, 15) is 9.59 Å². The molecular formula is C22H25BrN2O4. The summed E-state index contributed by atoms with van der Waals surface area (Å²) in [7, 11) is 3.12. The maximum atomic E-state index is 12.9. The van der Waals surface area contributed by atoms with Gasteiger partial charge in [0.25, 0.3) is 0 Å². The number of nitrogens with one attached hydrogen (secondary N) is 1. The van der Waals surface area contributed by atoms with Gasteiger partial charge in [0.1, 0.15) is 0 Å². The molecule has 0 spiro atoms. The van der Waals surface area contributed by atoms with Gasteiger partial charge in [-0.1, -0.05) is 35.0 Å². The van der Waals surface area contributed by atoms with Crippen molar-refractivity contribution in [2.75, 3.05) is 25.7 Å². The fourth-order valence-electron chi connectivity index (χ4n) is 3.53. The Morgan fingerprint density at radius 3 is 2.48 bits per heavy atom. The van der Waals surface area contributed by atoms with Crippen LogP contribution in [0.15, 0.2) is 46.9 Å². The molecule has 2 unspecified atom stereocenters. The zero-order chi connectivity index (χ0) is 21.0. The average molecular weight is 461 g/mol. The van der Waals surface area contributed by atoms with Crippen molar-refractivity contribution in [2.24, 2.45) is 5.92 Å². The smallest absolute Gasteiger partial charge is 0.227 e. The van der Waals surface area contributed by atoms with E-state index in [4.69, 9.17) is 9.47 Å². The molecule has 0 saturated carbocycles. The van der Waals surface area contributed by atoms with Crippen molar-refractivity contribution >= 4 is 33.4 Å². The molecule has 2 atom stereocenters. The van der Waals surface area contributed by atoms with Crippen molar-refractivity contribution in [3.63, 3.8) is 0 Å². The van der Waals surface area contributed by atoms with Gasteiger partial charge in [-0.15, -0.1) is 0 Å². The fraction of sp³-hybridized carbons (Fsp3) is 0.364. The summed E-state index contributed by atoms with van der Waals surface area (Å²) in [5.41, 5.74) is 1.74. The average Bonchev–Trinajstić information content (AvgIpc) is 3.13. The molecule has 2 amide bonds. The lowest BCUT2D eigenvalue weighted by molar-refractivity contribution is -0.127. The fourth-order valence-corrected chi connectivity index (χ4v) is 3.80. The zero-order valence-corrected chi connectivity index (χ0v) is 18.4. The number of anilines is 1. The van der Waals surface area contributed by atoms with E-state index >= 15 is 0 Å². The summed E-state index contributed by atoms with van der Waals surface area (Å²) in [6.45, 7) is 2.37. The highest BCUT2D eigenvalue weighted by Crippen LogP contribution is 2.34. The third-order valence-electron chi connectivity index (χ3n) is 5.17. The van der Waals surface area contributed by atoms with Crippen LogP contribution in [0.1, 0.15) is 31.4 Å². The Hall–Kier alpha value is -2.54. The molecule has 1 heterocycles. The normalized spacial score (nSPS) is 17.2. The van der Waals surface area contributed by atoms with Gasteiger partial charge in [-0.2, -0.15) is 0 Å². The second-order valence-electron chi connectivity index (χ2n) is 6.97. The second kappa shape index (κ2) is 9.31. The lowest BCUT2D eigenvalue weighted by Crippen LogP contribution is -2.35. The standard InChI is InChI=1S/C22H25BrN2O4/c1-4-18(14-5-7-16(23)8-6-14)24-22(27)15-11-21(26)25(13-15)17-9-10-19(28-2)20(12-17)29-3/h5-10,12,15,18H,4,11,13H2,1-3H3,(H,24,27). The minimum absolute atomic E-state index is 0.0749. The largest absolute Gasteiger partial charge is 0.493 e. The molecule has 3 rings (SSSR count). The second-order valence-corrected chi connectivity index (χ2v) is 7.88. The predicted molar refractivity (Wildman–Crippen MR) is 115 cm³/mol. The molecule has 0 radical (unpaired) electrons. The van der Waals surface area contributed by atoms with Crippen molar-refractivity contribution in [1.82, 2.24) is 5.32 Å². The van der Waals surface area contributed by atoms with E-state index in [0.717, 1.165) is 16.5 Å². The van der Waals surface area contributed by atoms with E-state index in [1.165, 1.54) is 0 Å². The van der Waals surface area contributed by atoms with Crippen LogP contribution in [0, 0.1) is 5.92 Å². The summed E-state index contributed by atoms with van der Waals surface area (Å²) in [5.74, 6) is 0.578. The number of methoxy groups -OCH3 is 2. The highest BCUT2D eigenvalue weighted by molar-refractivity contribution is 9.10. The van der Waals surface area contributed by atoms with Crippen molar-refractivity contribution in [3.05, 3.63) is 52.5 Å². The maximum Gasteiger partial charge on any atom is 0.227 e. The lowest BCUT2D eigenvalue weighted by atomic mass is 10.0. The number of amides is 2.